The summed E-state index contributed by atoms with van der Waals surface area (Å²) < 4.78 is 40.9. The lowest BCUT2D eigenvalue weighted by Crippen LogP contribution is -2.38. The summed E-state index contributed by atoms with van der Waals surface area (Å²) in [5.74, 6) is -2.55. The summed E-state index contributed by atoms with van der Waals surface area (Å²) in [6.45, 7) is 1.25. The number of carbonyl (C=O) groups excluding carboxylic acids is 1. The fraction of sp³-hybridized carbons (Fsp3) is 0.280. The van der Waals surface area contributed by atoms with Crippen LogP contribution >= 0.6 is 0 Å². The van der Waals surface area contributed by atoms with Gasteiger partial charge in [0.25, 0.3) is 11.8 Å². The van der Waals surface area contributed by atoms with Gasteiger partial charge in [0.2, 0.25) is 0 Å². The first kappa shape index (κ1) is 24.9. The first-order chi connectivity index (χ1) is 17.8. The van der Waals surface area contributed by atoms with E-state index >= 15 is 0 Å². The molecule has 5 rings (SSSR count). The molecule has 3 N–H and O–H groups in total. The molecule has 0 radical (unpaired) electrons. The number of aromatic amines is 1. The summed E-state index contributed by atoms with van der Waals surface area (Å²) in [4.78, 5) is 23.5. The highest BCUT2D eigenvalue weighted by Crippen LogP contribution is 2.30. The third-order valence-corrected chi connectivity index (χ3v) is 6.67. The summed E-state index contributed by atoms with van der Waals surface area (Å²) in [6, 6.07) is 10.9. The highest BCUT2D eigenvalue weighted by molar-refractivity contribution is 7.85. The average Bonchev–Trinajstić information content (AvgIpc) is 3.30. The van der Waals surface area contributed by atoms with Crippen molar-refractivity contribution in [3.8, 4) is 11.1 Å². The van der Waals surface area contributed by atoms with Crippen molar-refractivity contribution in [3.63, 3.8) is 0 Å². The van der Waals surface area contributed by atoms with Crippen LogP contribution < -0.4 is 10.0 Å². The molecule has 1 saturated heterocycles. The van der Waals surface area contributed by atoms with Gasteiger partial charge in [0.05, 0.1) is 17.4 Å². The first-order valence-electron chi connectivity index (χ1n) is 11.7. The van der Waals surface area contributed by atoms with Gasteiger partial charge in [0.15, 0.2) is 5.69 Å². The maximum absolute atomic E-state index is 13.5. The Bertz CT molecular complexity index is 1450. The van der Waals surface area contributed by atoms with E-state index in [-0.39, 0.29) is 18.5 Å². The van der Waals surface area contributed by atoms with Gasteiger partial charge >= 0.3 is 0 Å². The second-order valence-corrected chi connectivity index (χ2v) is 10.1. The van der Waals surface area contributed by atoms with E-state index in [2.05, 4.69) is 30.2 Å². The van der Waals surface area contributed by atoms with Gasteiger partial charge in [-0.2, -0.15) is 5.10 Å². The van der Waals surface area contributed by atoms with Crippen molar-refractivity contribution < 1.29 is 17.8 Å². The highest BCUT2D eigenvalue weighted by atomic mass is 32.2. The number of halogens is 2. The summed E-state index contributed by atoms with van der Waals surface area (Å²) in [7, 11) is -1.25. The fourth-order valence-corrected chi connectivity index (χ4v) is 4.68. The van der Waals surface area contributed by atoms with Gasteiger partial charge in [-0.15, -0.1) is 0 Å². The molecule has 4 heterocycles. The Morgan fingerprint density at radius 3 is 2.65 bits per heavy atom. The van der Waals surface area contributed by atoms with Crippen LogP contribution in [0.2, 0.25) is 0 Å². The number of carbonyl (C=O) groups is 1. The number of nitrogens with one attached hydrogen (secondary N) is 3. The number of fused-ring (bicyclic) bond motifs is 1. The van der Waals surface area contributed by atoms with Crippen LogP contribution in [0.1, 0.15) is 28.9 Å². The number of pyridine rings is 2. The van der Waals surface area contributed by atoms with E-state index in [0.717, 1.165) is 16.7 Å². The van der Waals surface area contributed by atoms with Gasteiger partial charge in [-0.3, -0.25) is 24.5 Å². The molecule has 3 aromatic heterocycles. The first-order valence-corrected chi connectivity index (χ1v) is 13.2. The molecule has 192 valence electrons. The molecule has 1 fully saturated rings. The predicted octanol–water partition coefficient (Wildman–Crippen LogP) is 4.21. The van der Waals surface area contributed by atoms with E-state index in [9.17, 15) is 17.8 Å². The van der Waals surface area contributed by atoms with E-state index in [0.29, 0.717) is 42.0 Å². The normalized spacial score (nSPS) is 16.4. The molecule has 0 spiro atoms. The van der Waals surface area contributed by atoms with Gasteiger partial charge in [0, 0.05) is 62.1 Å². The van der Waals surface area contributed by atoms with Crippen LogP contribution in [-0.4, -0.2) is 60.4 Å². The lowest BCUT2D eigenvalue weighted by atomic mass is 10.0. The SMILES string of the molecule is CS(=O)Nc1ccc(NC(=O)c2n[nH]c3ccc(-c4cncc(CN5CCC(F)(F)CC5)c4)cc23)cn1. The molecule has 4 aromatic rings. The van der Waals surface area contributed by atoms with Crippen LogP contribution in [0.5, 0.6) is 0 Å². The van der Waals surface area contributed by atoms with Crippen molar-refractivity contribution in [2.45, 2.75) is 25.3 Å². The van der Waals surface area contributed by atoms with Gasteiger partial charge < -0.3 is 5.32 Å². The summed E-state index contributed by atoms with van der Waals surface area (Å²) >= 11 is 0. The number of hydrogen-bond donors (Lipinski definition) is 3. The molecule has 37 heavy (non-hydrogen) atoms. The highest BCUT2D eigenvalue weighted by Gasteiger charge is 2.33. The maximum atomic E-state index is 13.5. The smallest absolute Gasteiger partial charge is 0.276 e. The molecule has 12 heteroatoms. The molecule has 1 aromatic carbocycles. The Morgan fingerprint density at radius 1 is 1.11 bits per heavy atom. The maximum Gasteiger partial charge on any atom is 0.276 e. The molecule has 1 atom stereocenters. The molecule has 9 nitrogen and oxygen atoms in total. The average molecular weight is 526 g/mol. The lowest BCUT2D eigenvalue weighted by Gasteiger charge is -2.31. The third-order valence-electron chi connectivity index (χ3n) is 6.17. The number of alkyl halides is 2. The Morgan fingerprint density at radius 2 is 1.92 bits per heavy atom. The minimum atomic E-state index is -2.58. The number of aromatic nitrogens is 4. The Kier molecular flexibility index (Phi) is 6.94. The monoisotopic (exact) mass is 525 g/mol. The Balaban J connectivity index is 1.33. The van der Waals surface area contributed by atoms with Crippen molar-refractivity contribution in [1.29, 1.82) is 0 Å². The largest absolute Gasteiger partial charge is 0.319 e. The Labute approximate surface area is 214 Å². The quantitative estimate of drug-likeness (QED) is 0.333. The van der Waals surface area contributed by atoms with E-state index in [4.69, 9.17) is 0 Å². The number of anilines is 2. The number of rotatable bonds is 7. The van der Waals surface area contributed by atoms with Crippen LogP contribution in [0, 0.1) is 0 Å². The van der Waals surface area contributed by atoms with Crippen LogP contribution in [0.25, 0.3) is 22.0 Å². The summed E-state index contributed by atoms with van der Waals surface area (Å²) in [5.41, 5.74) is 4.05. The molecule has 1 unspecified atom stereocenters. The van der Waals surface area contributed by atoms with Crippen molar-refractivity contribution >= 4 is 39.3 Å². The number of likely N-dealkylation sites (tertiary alicyclic amines) is 1. The minimum absolute atomic E-state index is 0.126. The fourth-order valence-electron chi connectivity index (χ4n) is 4.26. The van der Waals surface area contributed by atoms with Crippen molar-refractivity contribution in [2.24, 2.45) is 0 Å². The van der Waals surface area contributed by atoms with Crippen molar-refractivity contribution in [3.05, 3.63) is 66.2 Å². The topological polar surface area (TPSA) is 116 Å². The van der Waals surface area contributed by atoms with Crippen LogP contribution in [0.15, 0.2) is 55.0 Å². The van der Waals surface area contributed by atoms with Gasteiger partial charge in [0.1, 0.15) is 16.8 Å². The molecule has 0 aliphatic carbocycles. The van der Waals surface area contributed by atoms with Crippen molar-refractivity contribution in [2.75, 3.05) is 29.4 Å². The number of hydrogen-bond acceptors (Lipinski definition) is 6. The minimum Gasteiger partial charge on any atom is -0.319 e. The number of benzene rings is 1. The zero-order chi connectivity index (χ0) is 26.0. The number of H-pyrrole nitrogens is 1. The zero-order valence-corrected chi connectivity index (χ0v) is 20.8. The number of amides is 1. The standard InChI is InChI=1S/C25H25F2N7O2S/c1-37(36)33-22-5-3-19(14-29-22)30-24(35)23-20-11-17(2-4-21(20)31-32-23)18-10-16(12-28-13-18)15-34-8-6-25(26,27)7-9-34/h2-5,10-14H,6-9,15H2,1H3,(H,29,33)(H,30,35)(H,31,32). The predicted molar refractivity (Wildman–Crippen MR) is 139 cm³/mol. The van der Waals surface area contributed by atoms with E-state index in [1.165, 1.54) is 12.5 Å². The van der Waals surface area contributed by atoms with Crippen LogP contribution in [0.4, 0.5) is 20.3 Å². The molecule has 1 amide bonds. The van der Waals surface area contributed by atoms with Crippen LogP contribution in [-0.2, 0) is 17.5 Å². The van der Waals surface area contributed by atoms with Gasteiger partial charge in [-0.1, -0.05) is 6.07 Å². The molecule has 0 bridgehead atoms. The van der Waals surface area contributed by atoms with Crippen LogP contribution in [0.3, 0.4) is 0 Å². The molecular formula is C25H25F2N7O2S. The summed E-state index contributed by atoms with van der Waals surface area (Å²) in [6.07, 6.45) is 6.20. The second kappa shape index (κ2) is 10.3. The van der Waals surface area contributed by atoms with E-state index < -0.39 is 22.8 Å². The molecule has 1 aliphatic heterocycles. The molecule has 0 saturated carbocycles. The number of piperidine rings is 1. The van der Waals surface area contributed by atoms with Gasteiger partial charge in [-0.05, 0) is 41.5 Å². The zero-order valence-electron chi connectivity index (χ0n) is 20.0. The second-order valence-electron chi connectivity index (χ2n) is 8.99. The lowest BCUT2D eigenvalue weighted by molar-refractivity contribution is -0.0566. The number of nitrogens with zero attached hydrogens (tertiary/aromatic N) is 4. The van der Waals surface area contributed by atoms with Gasteiger partial charge in [-0.25, -0.2) is 18.0 Å². The van der Waals surface area contributed by atoms with E-state index in [1.54, 1.807) is 24.5 Å². The summed E-state index contributed by atoms with van der Waals surface area (Å²) in [5, 5.41) is 10.5. The third kappa shape index (κ3) is 5.97. The van der Waals surface area contributed by atoms with E-state index in [1.807, 2.05) is 29.2 Å². The van der Waals surface area contributed by atoms with Crippen molar-refractivity contribution in [1.82, 2.24) is 25.1 Å². The Hall–Kier alpha value is -3.77. The molecular weight excluding hydrogens is 500 g/mol. The molecule has 1 aliphatic rings.